The summed E-state index contributed by atoms with van der Waals surface area (Å²) in [7, 11) is 0. The van der Waals surface area contributed by atoms with Gasteiger partial charge in [0.25, 0.3) is 0 Å². The zero-order chi connectivity index (χ0) is 12.3. The van der Waals surface area contributed by atoms with Gasteiger partial charge in [0.05, 0.1) is 18.7 Å². The van der Waals surface area contributed by atoms with Crippen molar-refractivity contribution in [1.29, 1.82) is 0 Å². The number of hydrogen-bond acceptors (Lipinski definition) is 4. The Labute approximate surface area is 99.2 Å². The highest BCUT2D eigenvalue weighted by Crippen LogP contribution is 2.25. The second-order valence-corrected chi connectivity index (χ2v) is 3.74. The third kappa shape index (κ3) is 2.55. The van der Waals surface area contributed by atoms with E-state index < -0.39 is 6.04 Å². The highest BCUT2D eigenvalue weighted by atomic mass is 16.5. The number of hydrogen-bond donors (Lipinski definition) is 2. The number of nitrogens with one attached hydrogen (secondary N) is 2. The summed E-state index contributed by atoms with van der Waals surface area (Å²) >= 11 is 0. The minimum Gasteiger partial charge on any atom is -0.492 e. The van der Waals surface area contributed by atoms with E-state index in [-0.39, 0.29) is 18.2 Å². The monoisotopic (exact) mass is 234 g/mol. The molecule has 0 saturated carbocycles. The smallest absolute Gasteiger partial charge is 0.249 e. The van der Waals surface area contributed by atoms with Gasteiger partial charge in [-0.25, -0.2) is 0 Å². The first-order valence-corrected chi connectivity index (χ1v) is 5.52. The maximum absolute atomic E-state index is 11.4. The maximum Gasteiger partial charge on any atom is 0.249 e. The van der Waals surface area contributed by atoms with Gasteiger partial charge in [-0.15, -0.1) is 0 Å². The van der Waals surface area contributed by atoms with Crippen LogP contribution in [0.1, 0.15) is 13.3 Å². The second-order valence-electron chi connectivity index (χ2n) is 3.74. The number of para-hydroxylation sites is 2. The quantitative estimate of drug-likeness (QED) is 0.760. The van der Waals surface area contributed by atoms with Crippen LogP contribution in [0.3, 0.4) is 0 Å². The van der Waals surface area contributed by atoms with E-state index in [1.807, 2.05) is 31.2 Å². The SMILES string of the molecule is CCOc1ccccc1NC1CC(=O)NC1=O. The molecule has 5 nitrogen and oxygen atoms in total. The van der Waals surface area contributed by atoms with Gasteiger partial charge >= 0.3 is 0 Å². The molecule has 1 aliphatic rings. The molecule has 0 radical (unpaired) electrons. The number of amides is 2. The lowest BCUT2D eigenvalue weighted by atomic mass is 10.2. The molecule has 0 bridgehead atoms. The van der Waals surface area contributed by atoms with Crippen molar-refractivity contribution in [3.8, 4) is 5.75 Å². The van der Waals surface area contributed by atoms with Gasteiger partial charge < -0.3 is 10.1 Å². The van der Waals surface area contributed by atoms with E-state index in [4.69, 9.17) is 4.74 Å². The first-order chi connectivity index (χ1) is 8.20. The number of carbonyl (C=O) groups excluding carboxylic acids is 2. The van der Waals surface area contributed by atoms with E-state index in [0.717, 1.165) is 5.69 Å². The first kappa shape index (κ1) is 11.4. The van der Waals surface area contributed by atoms with Crippen LogP contribution < -0.4 is 15.4 Å². The molecule has 0 aliphatic carbocycles. The summed E-state index contributed by atoms with van der Waals surface area (Å²) in [5, 5.41) is 5.27. The van der Waals surface area contributed by atoms with Gasteiger partial charge in [-0.3, -0.25) is 14.9 Å². The fraction of sp³-hybridized carbons (Fsp3) is 0.333. The molecular formula is C12H14N2O3. The van der Waals surface area contributed by atoms with E-state index >= 15 is 0 Å². The van der Waals surface area contributed by atoms with Gasteiger partial charge in [0.2, 0.25) is 11.8 Å². The van der Waals surface area contributed by atoms with Crippen molar-refractivity contribution in [3.63, 3.8) is 0 Å². The average molecular weight is 234 g/mol. The van der Waals surface area contributed by atoms with Crippen molar-refractivity contribution in [2.24, 2.45) is 0 Å². The maximum atomic E-state index is 11.4. The third-order valence-electron chi connectivity index (χ3n) is 2.49. The Balaban J connectivity index is 2.13. The van der Waals surface area contributed by atoms with Crippen LogP contribution in [0.2, 0.25) is 0 Å². The second kappa shape index (κ2) is 4.86. The van der Waals surface area contributed by atoms with Crippen LogP contribution in [0.5, 0.6) is 5.75 Å². The van der Waals surface area contributed by atoms with Crippen LogP contribution in [0, 0.1) is 0 Å². The van der Waals surface area contributed by atoms with Crippen molar-refractivity contribution >= 4 is 17.5 Å². The Hall–Kier alpha value is -2.04. The molecule has 2 rings (SSSR count). The Morgan fingerprint density at radius 2 is 2.18 bits per heavy atom. The van der Waals surface area contributed by atoms with E-state index in [0.29, 0.717) is 12.4 Å². The molecule has 0 aromatic heterocycles. The number of carbonyl (C=O) groups is 2. The molecule has 2 N–H and O–H groups in total. The molecule has 2 amide bonds. The molecule has 17 heavy (non-hydrogen) atoms. The number of rotatable bonds is 4. The van der Waals surface area contributed by atoms with Gasteiger partial charge in [-0.1, -0.05) is 12.1 Å². The molecule has 5 heteroatoms. The van der Waals surface area contributed by atoms with Crippen molar-refractivity contribution in [1.82, 2.24) is 5.32 Å². The van der Waals surface area contributed by atoms with E-state index in [9.17, 15) is 9.59 Å². The van der Waals surface area contributed by atoms with Crippen LogP contribution in [0.15, 0.2) is 24.3 Å². The van der Waals surface area contributed by atoms with Crippen LogP contribution in [-0.2, 0) is 9.59 Å². The summed E-state index contributed by atoms with van der Waals surface area (Å²) in [4.78, 5) is 22.5. The standard InChI is InChI=1S/C12H14N2O3/c1-2-17-10-6-4-3-5-8(10)13-9-7-11(15)14-12(9)16/h3-6,9,13H,2,7H2,1H3,(H,14,15,16). The minimum atomic E-state index is -0.510. The normalized spacial score (nSPS) is 19.0. The summed E-state index contributed by atoms with van der Waals surface area (Å²) in [5.74, 6) is 0.143. The summed E-state index contributed by atoms with van der Waals surface area (Å²) in [6.07, 6.45) is 0.166. The van der Waals surface area contributed by atoms with E-state index in [1.54, 1.807) is 0 Å². The van der Waals surface area contributed by atoms with Gasteiger partial charge in [-0.05, 0) is 19.1 Å². The van der Waals surface area contributed by atoms with Crippen LogP contribution in [0.25, 0.3) is 0 Å². The largest absolute Gasteiger partial charge is 0.492 e. The molecule has 1 fully saturated rings. The fourth-order valence-electron chi connectivity index (χ4n) is 1.73. The Morgan fingerprint density at radius 1 is 1.41 bits per heavy atom. The van der Waals surface area contributed by atoms with E-state index in [2.05, 4.69) is 10.6 Å². The number of ether oxygens (including phenoxy) is 1. The lowest BCUT2D eigenvalue weighted by Gasteiger charge is -2.14. The third-order valence-corrected chi connectivity index (χ3v) is 2.49. The Morgan fingerprint density at radius 3 is 2.82 bits per heavy atom. The van der Waals surface area contributed by atoms with Gasteiger partial charge in [0.1, 0.15) is 11.8 Å². The van der Waals surface area contributed by atoms with E-state index in [1.165, 1.54) is 0 Å². The highest BCUT2D eigenvalue weighted by Gasteiger charge is 2.30. The lowest BCUT2D eigenvalue weighted by molar-refractivity contribution is -0.124. The number of anilines is 1. The van der Waals surface area contributed by atoms with Crippen molar-refractivity contribution < 1.29 is 14.3 Å². The average Bonchev–Trinajstić information content (AvgIpc) is 2.61. The highest BCUT2D eigenvalue weighted by molar-refractivity contribution is 6.06. The van der Waals surface area contributed by atoms with Gasteiger partial charge in [0.15, 0.2) is 0 Å². The Bertz CT molecular complexity index is 445. The zero-order valence-corrected chi connectivity index (χ0v) is 9.53. The predicted molar refractivity (Wildman–Crippen MR) is 62.8 cm³/mol. The van der Waals surface area contributed by atoms with Crippen LogP contribution in [0.4, 0.5) is 5.69 Å². The summed E-state index contributed by atoms with van der Waals surface area (Å²) < 4.78 is 5.43. The zero-order valence-electron chi connectivity index (χ0n) is 9.53. The molecule has 1 heterocycles. The summed E-state index contributed by atoms with van der Waals surface area (Å²) in [5.41, 5.74) is 0.726. The van der Waals surface area contributed by atoms with Gasteiger partial charge in [0, 0.05) is 0 Å². The van der Waals surface area contributed by atoms with Crippen molar-refractivity contribution in [2.45, 2.75) is 19.4 Å². The Kier molecular flexibility index (Phi) is 3.27. The fourth-order valence-corrected chi connectivity index (χ4v) is 1.73. The molecule has 90 valence electrons. The molecule has 1 aliphatic heterocycles. The molecule has 1 saturated heterocycles. The van der Waals surface area contributed by atoms with Crippen LogP contribution >= 0.6 is 0 Å². The molecule has 1 aromatic rings. The van der Waals surface area contributed by atoms with Gasteiger partial charge in [-0.2, -0.15) is 0 Å². The number of benzene rings is 1. The first-order valence-electron chi connectivity index (χ1n) is 5.52. The molecule has 1 unspecified atom stereocenters. The topological polar surface area (TPSA) is 67.4 Å². The number of imide groups is 1. The molecule has 1 aromatic carbocycles. The van der Waals surface area contributed by atoms with Crippen LogP contribution in [-0.4, -0.2) is 24.5 Å². The molecule has 0 spiro atoms. The van der Waals surface area contributed by atoms with Crippen molar-refractivity contribution in [3.05, 3.63) is 24.3 Å². The molecule has 1 atom stereocenters. The lowest BCUT2D eigenvalue weighted by Crippen LogP contribution is -2.30. The summed E-state index contributed by atoms with van der Waals surface area (Å²) in [6.45, 7) is 2.44. The summed E-state index contributed by atoms with van der Waals surface area (Å²) in [6, 6.07) is 6.83. The predicted octanol–water partition coefficient (Wildman–Crippen LogP) is 0.912. The minimum absolute atomic E-state index is 0.166. The molecular weight excluding hydrogens is 220 g/mol. The van der Waals surface area contributed by atoms with Crippen molar-refractivity contribution in [2.75, 3.05) is 11.9 Å².